The molecule has 1 aromatic carbocycles. The molecule has 0 spiro atoms. The molecule has 0 aliphatic carbocycles. The summed E-state index contributed by atoms with van der Waals surface area (Å²) in [4.78, 5) is 11.2. The summed E-state index contributed by atoms with van der Waals surface area (Å²) in [5.74, 6) is 0.477. The van der Waals surface area contributed by atoms with Gasteiger partial charge in [0.2, 0.25) is 0 Å². The Morgan fingerprint density at radius 2 is 1.88 bits per heavy atom. The van der Waals surface area contributed by atoms with Gasteiger partial charge in [0.25, 0.3) is 0 Å². The molecule has 0 unspecified atom stereocenters. The first-order valence-electron chi connectivity index (χ1n) is 5.14. The third-order valence-corrected chi connectivity index (χ3v) is 2.33. The molecular formula is C13H16O3. The predicted octanol–water partition coefficient (Wildman–Crippen LogP) is 2.66. The van der Waals surface area contributed by atoms with E-state index in [-0.39, 0.29) is 5.97 Å². The summed E-state index contributed by atoms with van der Waals surface area (Å²) in [6, 6.07) is 7.60. The van der Waals surface area contributed by atoms with Crippen LogP contribution in [-0.2, 0) is 9.53 Å². The van der Waals surface area contributed by atoms with Gasteiger partial charge in [-0.15, -0.1) is 0 Å². The predicted molar refractivity (Wildman–Crippen MR) is 63.3 cm³/mol. The molecule has 3 heteroatoms. The molecule has 0 saturated carbocycles. The first-order valence-corrected chi connectivity index (χ1v) is 5.14. The van der Waals surface area contributed by atoms with Gasteiger partial charge in [-0.25, -0.2) is 4.79 Å². The van der Waals surface area contributed by atoms with Crippen LogP contribution in [0.3, 0.4) is 0 Å². The highest BCUT2D eigenvalue weighted by molar-refractivity contribution is 5.91. The van der Waals surface area contributed by atoms with E-state index in [1.165, 1.54) is 13.2 Å². The number of carbonyl (C=O) groups excluding carboxylic acids is 1. The van der Waals surface area contributed by atoms with Crippen LogP contribution in [0, 0.1) is 0 Å². The second kappa shape index (κ2) is 5.95. The van der Waals surface area contributed by atoms with Gasteiger partial charge in [0.1, 0.15) is 5.75 Å². The van der Waals surface area contributed by atoms with Crippen molar-refractivity contribution in [2.75, 3.05) is 14.2 Å². The second-order valence-electron chi connectivity index (χ2n) is 3.27. The highest BCUT2D eigenvalue weighted by atomic mass is 16.5. The maximum atomic E-state index is 11.2. The van der Waals surface area contributed by atoms with Gasteiger partial charge in [-0.1, -0.05) is 19.1 Å². The lowest BCUT2D eigenvalue weighted by Gasteiger charge is -2.06. The summed E-state index contributed by atoms with van der Waals surface area (Å²) >= 11 is 0. The quantitative estimate of drug-likeness (QED) is 0.578. The molecule has 0 saturated heterocycles. The molecule has 0 bridgehead atoms. The lowest BCUT2D eigenvalue weighted by atomic mass is 10.0. The van der Waals surface area contributed by atoms with Gasteiger partial charge < -0.3 is 9.47 Å². The smallest absolute Gasteiger partial charge is 0.330 e. The van der Waals surface area contributed by atoms with Crippen molar-refractivity contribution in [2.24, 2.45) is 0 Å². The second-order valence-corrected chi connectivity index (χ2v) is 3.27. The molecule has 0 heterocycles. The lowest BCUT2D eigenvalue weighted by molar-refractivity contribution is -0.134. The normalized spacial score (nSPS) is 11.1. The first-order chi connectivity index (χ1) is 7.71. The van der Waals surface area contributed by atoms with Gasteiger partial charge >= 0.3 is 5.97 Å². The third kappa shape index (κ3) is 3.12. The van der Waals surface area contributed by atoms with Gasteiger partial charge in [-0.3, -0.25) is 0 Å². The Labute approximate surface area is 95.7 Å². The molecule has 0 atom stereocenters. The number of carbonyl (C=O) groups is 1. The summed E-state index contributed by atoms with van der Waals surface area (Å²) in [6.07, 6.45) is 2.29. The Hall–Kier alpha value is -1.77. The van der Waals surface area contributed by atoms with Crippen LogP contribution in [0.5, 0.6) is 5.75 Å². The number of hydrogen-bond donors (Lipinski definition) is 0. The van der Waals surface area contributed by atoms with Crippen molar-refractivity contribution in [1.82, 2.24) is 0 Å². The molecule has 0 amide bonds. The SMILES string of the molecule is CCC(=CC(=O)OC)c1ccc(OC)cc1. The number of methoxy groups -OCH3 is 2. The van der Waals surface area contributed by atoms with Crippen LogP contribution >= 0.6 is 0 Å². The largest absolute Gasteiger partial charge is 0.497 e. The number of ether oxygens (including phenoxy) is 2. The van der Waals surface area contributed by atoms with Crippen molar-refractivity contribution in [3.63, 3.8) is 0 Å². The average molecular weight is 220 g/mol. The Kier molecular flexibility index (Phi) is 4.58. The maximum Gasteiger partial charge on any atom is 0.330 e. The molecule has 0 N–H and O–H groups in total. The van der Waals surface area contributed by atoms with E-state index in [0.29, 0.717) is 0 Å². The van der Waals surface area contributed by atoms with Crippen molar-refractivity contribution in [3.8, 4) is 5.75 Å². The van der Waals surface area contributed by atoms with Gasteiger partial charge in [0.15, 0.2) is 0 Å². The number of esters is 1. The summed E-state index contributed by atoms with van der Waals surface area (Å²) in [6.45, 7) is 2.00. The number of allylic oxidation sites excluding steroid dienone is 1. The molecule has 3 nitrogen and oxygen atoms in total. The molecule has 16 heavy (non-hydrogen) atoms. The standard InChI is InChI=1S/C13H16O3/c1-4-10(9-13(14)16-3)11-5-7-12(15-2)8-6-11/h5-9H,4H2,1-3H3. The summed E-state index contributed by atoms with van der Waals surface area (Å²) in [5.41, 5.74) is 1.96. The Morgan fingerprint density at radius 1 is 1.25 bits per heavy atom. The molecular weight excluding hydrogens is 204 g/mol. The maximum absolute atomic E-state index is 11.2. The third-order valence-electron chi connectivity index (χ3n) is 2.33. The fraction of sp³-hybridized carbons (Fsp3) is 0.308. The van der Waals surface area contributed by atoms with Crippen LogP contribution in [-0.4, -0.2) is 20.2 Å². The van der Waals surface area contributed by atoms with Gasteiger partial charge in [0, 0.05) is 6.08 Å². The minimum Gasteiger partial charge on any atom is -0.497 e. The highest BCUT2D eigenvalue weighted by Gasteiger charge is 2.03. The monoisotopic (exact) mass is 220 g/mol. The molecule has 0 radical (unpaired) electrons. The molecule has 1 aromatic rings. The lowest BCUT2D eigenvalue weighted by Crippen LogP contribution is -1.96. The van der Waals surface area contributed by atoms with Gasteiger partial charge in [-0.05, 0) is 29.7 Å². The van der Waals surface area contributed by atoms with E-state index in [0.717, 1.165) is 23.3 Å². The van der Waals surface area contributed by atoms with Crippen LogP contribution in [0.4, 0.5) is 0 Å². The molecule has 86 valence electrons. The van der Waals surface area contributed by atoms with Crippen molar-refractivity contribution < 1.29 is 14.3 Å². The van der Waals surface area contributed by atoms with E-state index in [4.69, 9.17) is 4.74 Å². The zero-order chi connectivity index (χ0) is 12.0. The van der Waals surface area contributed by atoms with Crippen LogP contribution in [0.25, 0.3) is 5.57 Å². The first kappa shape index (κ1) is 12.3. The zero-order valence-corrected chi connectivity index (χ0v) is 9.82. The molecule has 0 fully saturated rings. The Balaban J connectivity index is 2.95. The number of rotatable bonds is 4. The van der Waals surface area contributed by atoms with E-state index < -0.39 is 0 Å². The molecule has 0 aliphatic heterocycles. The van der Waals surface area contributed by atoms with Crippen LogP contribution in [0.1, 0.15) is 18.9 Å². The van der Waals surface area contributed by atoms with E-state index >= 15 is 0 Å². The molecule has 1 rings (SSSR count). The van der Waals surface area contributed by atoms with E-state index in [2.05, 4.69) is 4.74 Å². The van der Waals surface area contributed by atoms with E-state index in [1.807, 2.05) is 31.2 Å². The molecule has 0 aliphatic rings. The van der Waals surface area contributed by atoms with Crippen LogP contribution in [0.2, 0.25) is 0 Å². The van der Waals surface area contributed by atoms with Crippen molar-refractivity contribution in [3.05, 3.63) is 35.9 Å². The number of hydrogen-bond acceptors (Lipinski definition) is 3. The fourth-order valence-electron chi connectivity index (χ4n) is 1.40. The topological polar surface area (TPSA) is 35.5 Å². The van der Waals surface area contributed by atoms with Crippen molar-refractivity contribution >= 4 is 11.5 Å². The molecule has 0 aromatic heterocycles. The number of benzene rings is 1. The van der Waals surface area contributed by atoms with Crippen LogP contribution < -0.4 is 4.74 Å². The van der Waals surface area contributed by atoms with E-state index in [1.54, 1.807) is 7.11 Å². The van der Waals surface area contributed by atoms with Gasteiger partial charge in [0.05, 0.1) is 14.2 Å². The summed E-state index contributed by atoms with van der Waals surface area (Å²) < 4.78 is 9.68. The van der Waals surface area contributed by atoms with Crippen LogP contribution in [0.15, 0.2) is 30.3 Å². The summed E-state index contributed by atoms with van der Waals surface area (Å²) in [5, 5.41) is 0. The summed E-state index contributed by atoms with van der Waals surface area (Å²) in [7, 11) is 3.00. The Morgan fingerprint density at radius 3 is 2.31 bits per heavy atom. The fourth-order valence-corrected chi connectivity index (χ4v) is 1.40. The van der Waals surface area contributed by atoms with Crippen molar-refractivity contribution in [1.29, 1.82) is 0 Å². The Bertz CT molecular complexity index is 377. The van der Waals surface area contributed by atoms with E-state index in [9.17, 15) is 4.79 Å². The van der Waals surface area contributed by atoms with Gasteiger partial charge in [-0.2, -0.15) is 0 Å². The minimum absolute atomic E-state index is 0.326. The van der Waals surface area contributed by atoms with Crippen molar-refractivity contribution in [2.45, 2.75) is 13.3 Å². The minimum atomic E-state index is -0.326. The zero-order valence-electron chi connectivity index (χ0n) is 9.82. The average Bonchev–Trinajstić information content (AvgIpc) is 2.35. The highest BCUT2D eigenvalue weighted by Crippen LogP contribution is 2.21.